The first-order valence-electron chi connectivity index (χ1n) is 11.4. The number of H-pyrrole nitrogens is 1. The number of ether oxygens (including phenoxy) is 1. The molecule has 0 aliphatic carbocycles. The zero-order valence-electron chi connectivity index (χ0n) is 20.3. The van der Waals surface area contributed by atoms with Crippen LogP contribution < -0.4 is 14.5 Å². The van der Waals surface area contributed by atoms with Gasteiger partial charge in [0.05, 0.1) is 7.11 Å². The zero-order valence-corrected chi connectivity index (χ0v) is 20.3. The third kappa shape index (κ3) is 4.05. The van der Waals surface area contributed by atoms with Gasteiger partial charge in [0.15, 0.2) is 0 Å². The highest BCUT2D eigenvalue weighted by molar-refractivity contribution is 5.86. The second-order valence-electron chi connectivity index (χ2n) is 8.82. The first-order chi connectivity index (χ1) is 16.4. The average Bonchev–Trinajstić information content (AvgIpc) is 3.39. The number of rotatable bonds is 7. The molecule has 7 heteroatoms. The molecular weight excluding hydrogens is 424 g/mol. The van der Waals surface area contributed by atoms with Gasteiger partial charge in [-0.1, -0.05) is 0 Å². The van der Waals surface area contributed by atoms with E-state index in [0.717, 1.165) is 41.4 Å². The van der Waals surface area contributed by atoms with E-state index < -0.39 is 0 Å². The van der Waals surface area contributed by atoms with Crippen molar-refractivity contribution in [1.82, 2.24) is 19.5 Å². The van der Waals surface area contributed by atoms with E-state index in [0.29, 0.717) is 5.95 Å². The standard InChI is InChI=1S/C27H30N6O/c1-18-14-20-15-21(6-8-24(20)29-18)33(4)26-10-12-28-27(30-26)31(2)13-11-19-17-32(3)25-9-7-22(34-5)16-23(19)25/h6-10,12,14-17,29H,11,13H2,1-5H3. The molecule has 0 saturated heterocycles. The van der Waals surface area contributed by atoms with Crippen molar-refractivity contribution in [3.63, 3.8) is 0 Å². The lowest BCUT2D eigenvalue weighted by Crippen LogP contribution is -2.23. The van der Waals surface area contributed by atoms with Gasteiger partial charge in [-0.15, -0.1) is 0 Å². The van der Waals surface area contributed by atoms with Crippen LogP contribution in [0, 0.1) is 6.92 Å². The third-order valence-electron chi connectivity index (χ3n) is 6.44. The molecular formula is C27H30N6O. The molecule has 2 aromatic carbocycles. The SMILES string of the molecule is COc1ccc2c(c1)c(CCN(C)c1nccc(N(C)c3ccc4[nH]c(C)cc4c3)n1)cn2C. The Kier molecular flexibility index (Phi) is 5.61. The fourth-order valence-electron chi connectivity index (χ4n) is 4.48. The minimum absolute atomic E-state index is 0.709. The van der Waals surface area contributed by atoms with E-state index in [-0.39, 0.29) is 0 Å². The van der Waals surface area contributed by atoms with Crippen LogP contribution >= 0.6 is 0 Å². The molecule has 0 radical (unpaired) electrons. The largest absolute Gasteiger partial charge is 0.497 e. The molecule has 7 nitrogen and oxygen atoms in total. The molecule has 5 rings (SSSR count). The molecule has 0 aliphatic heterocycles. The Balaban J connectivity index is 1.34. The number of aromatic amines is 1. The van der Waals surface area contributed by atoms with Crippen LogP contribution in [0.4, 0.5) is 17.5 Å². The Morgan fingerprint density at radius 2 is 1.91 bits per heavy atom. The van der Waals surface area contributed by atoms with Gasteiger partial charge in [-0.25, -0.2) is 4.98 Å². The first-order valence-corrected chi connectivity index (χ1v) is 11.4. The predicted molar refractivity (Wildman–Crippen MR) is 140 cm³/mol. The van der Waals surface area contributed by atoms with Crippen LogP contribution in [-0.4, -0.2) is 47.3 Å². The second-order valence-corrected chi connectivity index (χ2v) is 8.82. The van der Waals surface area contributed by atoms with Crippen LogP contribution in [0.3, 0.4) is 0 Å². The van der Waals surface area contributed by atoms with E-state index in [1.54, 1.807) is 7.11 Å². The third-order valence-corrected chi connectivity index (χ3v) is 6.44. The van der Waals surface area contributed by atoms with Crippen LogP contribution in [0.5, 0.6) is 5.75 Å². The van der Waals surface area contributed by atoms with E-state index in [9.17, 15) is 0 Å². The summed E-state index contributed by atoms with van der Waals surface area (Å²) in [6.45, 7) is 2.88. The number of benzene rings is 2. The summed E-state index contributed by atoms with van der Waals surface area (Å²) in [5, 5.41) is 2.42. The van der Waals surface area contributed by atoms with E-state index in [1.807, 2.05) is 32.4 Å². The number of likely N-dealkylation sites (N-methyl/N-ethyl adjacent to an activating group) is 1. The Morgan fingerprint density at radius 3 is 2.74 bits per heavy atom. The van der Waals surface area contributed by atoms with Crippen molar-refractivity contribution >= 4 is 39.3 Å². The van der Waals surface area contributed by atoms with Gasteiger partial charge >= 0.3 is 0 Å². The monoisotopic (exact) mass is 454 g/mol. The summed E-state index contributed by atoms with van der Waals surface area (Å²) in [5.41, 5.74) is 5.87. The van der Waals surface area contributed by atoms with Crippen LogP contribution in [0.25, 0.3) is 21.8 Å². The lowest BCUT2D eigenvalue weighted by atomic mass is 10.1. The quantitative estimate of drug-likeness (QED) is 0.366. The van der Waals surface area contributed by atoms with Gasteiger partial charge < -0.3 is 24.1 Å². The van der Waals surface area contributed by atoms with Crippen molar-refractivity contribution in [2.75, 3.05) is 37.5 Å². The van der Waals surface area contributed by atoms with Crippen LogP contribution in [-0.2, 0) is 13.5 Å². The number of aryl methyl sites for hydroxylation is 2. The molecule has 0 fully saturated rings. The summed E-state index contributed by atoms with van der Waals surface area (Å²) in [6, 6.07) is 16.7. The number of hydrogen-bond acceptors (Lipinski definition) is 5. The normalized spacial score (nSPS) is 11.3. The highest BCUT2D eigenvalue weighted by atomic mass is 16.5. The van der Waals surface area contributed by atoms with Crippen LogP contribution in [0.2, 0.25) is 0 Å². The molecule has 174 valence electrons. The Morgan fingerprint density at radius 1 is 1.06 bits per heavy atom. The highest BCUT2D eigenvalue weighted by Crippen LogP contribution is 2.28. The molecule has 5 aromatic rings. The first kappa shape index (κ1) is 21.8. The maximum absolute atomic E-state index is 5.43. The summed E-state index contributed by atoms with van der Waals surface area (Å²) >= 11 is 0. The highest BCUT2D eigenvalue weighted by Gasteiger charge is 2.13. The van der Waals surface area contributed by atoms with Crippen LogP contribution in [0.1, 0.15) is 11.3 Å². The fraction of sp³-hybridized carbons (Fsp3) is 0.259. The lowest BCUT2D eigenvalue weighted by molar-refractivity contribution is 0.415. The molecule has 0 bridgehead atoms. The Bertz CT molecular complexity index is 1470. The molecule has 0 saturated carbocycles. The zero-order chi connectivity index (χ0) is 23.8. The average molecular weight is 455 g/mol. The van der Waals surface area contributed by atoms with Crippen molar-refractivity contribution in [2.24, 2.45) is 7.05 Å². The van der Waals surface area contributed by atoms with Crippen LogP contribution in [0.15, 0.2) is 60.9 Å². The van der Waals surface area contributed by atoms with Crippen molar-refractivity contribution in [3.05, 3.63) is 72.2 Å². The number of fused-ring (bicyclic) bond motifs is 2. The van der Waals surface area contributed by atoms with Gasteiger partial charge in [-0.2, -0.15) is 4.98 Å². The fourth-order valence-corrected chi connectivity index (χ4v) is 4.48. The number of nitrogens with one attached hydrogen (secondary N) is 1. The summed E-state index contributed by atoms with van der Waals surface area (Å²) in [4.78, 5) is 17.0. The van der Waals surface area contributed by atoms with E-state index in [2.05, 4.69) is 80.9 Å². The molecule has 0 amide bonds. The summed E-state index contributed by atoms with van der Waals surface area (Å²) < 4.78 is 7.60. The molecule has 0 unspecified atom stereocenters. The molecule has 0 atom stereocenters. The smallest absolute Gasteiger partial charge is 0.227 e. The summed E-state index contributed by atoms with van der Waals surface area (Å²) in [6.07, 6.45) is 4.90. The van der Waals surface area contributed by atoms with Gasteiger partial charge in [0.2, 0.25) is 5.95 Å². The van der Waals surface area contributed by atoms with Crippen molar-refractivity contribution in [3.8, 4) is 5.75 Å². The summed E-state index contributed by atoms with van der Waals surface area (Å²) in [5.74, 6) is 2.44. The summed E-state index contributed by atoms with van der Waals surface area (Å²) in [7, 11) is 7.86. The second kappa shape index (κ2) is 8.74. The van der Waals surface area contributed by atoms with Crippen molar-refractivity contribution in [2.45, 2.75) is 13.3 Å². The van der Waals surface area contributed by atoms with E-state index >= 15 is 0 Å². The predicted octanol–water partition coefficient (Wildman–Crippen LogP) is 5.21. The number of methoxy groups -OCH3 is 1. The maximum atomic E-state index is 5.43. The lowest BCUT2D eigenvalue weighted by Gasteiger charge is -2.22. The minimum atomic E-state index is 0.709. The number of nitrogens with zero attached hydrogens (tertiary/aromatic N) is 5. The molecule has 34 heavy (non-hydrogen) atoms. The number of aromatic nitrogens is 4. The van der Waals surface area contributed by atoms with Gasteiger partial charge in [0.25, 0.3) is 0 Å². The molecule has 0 aliphatic rings. The number of hydrogen-bond donors (Lipinski definition) is 1. The van der Waals surface area contributed by atoms with Gasteiger partial charge in [0.1, 0.15) is 11.6 Å². The number of anilines is 3. The minimum Gasteiger partial charge on any atom is -0.497 e. The Labute approximate surface area is 199 Å². The Hall–Kier alpha value is -4.00. The van der Waals surface area contributed by atoms with E-state index in [1.165, 1.54) is 21.9 Å². The topological polar surface area (TPSA) is 62.2 Å². The van der Waals surface area contributed by atoms with Gasteiger partial charge in [-0.3, -0.25) is 0 Å². The van der Waals surface area contributed by atoms with E-state index in [4.69, 9.17) is 9.72 Å². The van der Waals surface area contributed by atoms with Gasteiger partial charge in [-0.05, 0) is 67.4 Å². The van der Waals surface area contributed by atoms with Crippen molar-refractivity contribution in [1.29, 1.82) is 0 Å². The molecule has 3 heterocycles. The molecule has 0 spiro atoms. The molecule has 1 N–H and O–H groups in total. The molecule has 3 aromatic heterocycles. The maximum Gasteiger partial charge on any atom is 0.227 e. The van der Waals surface area contributed by atoms with Crippen molar-refractivity contribution < 1.29 is 4.74 Å². The van der Waals surface area contributed by atoms with Gasteiger partial charge in [0, 0.05) is 73.3 Å².